The van der Waals surface area contributed by atoms with Crippen molar-refractivity contribution in [3.63, 3.8) is 0 Å². The summed E-state index contributed by atoms with van der Waals surface area (Å²) in [7, 11) is 0. The lowest BCUT2D eigenvalue weighted by molar-refractivity contribution is -0.140. The van der Waals surface area contributed by atoms with Gasteiger partial charge in [0.25, 0.3) is 0 Å². The van der Waals surface area contributed by atoms with Crippen LogP contribution in [0.1, 0.15) is 24.1 Å². The monoisotopic (exact) mass is 377 g/mol. The van der Waals surface area contributed by atoms with Crippen LogP contribution in [0.2, 0.25) is 0 Å². The topological polar surface area (TPSA) is 28.2 Å². The Labute approximate surface area is 145 Å². The first-order chi connectivity index (χ1) is 11.8. The van der Waals surface area contributed by atoms with Crippen LogP contribution in [-0.2, 0) is 12.7 Å². The van der Waals surface area contributed by atoms with Crippen LogP contribution in [0.3, 0.4) is 0 Å². The van der Waals surface area contributed by atoms with Gasteiger partial charge in [-0.25, -0.2) is 13.8 Å². The summed E-state index contributed by atoms with van der Waals surface area (Å²) in [5.41, 5.74) is -0.184. The van der Waals surface area contributed by atoms with Gasteiger partial charge in [-0.1, -0.05) is 6.07 Å². The molecule has 1 fully saturated rings. The molecule has 2 heterocycles. The second-order valence-electron chi connectivity index (χ2n) is 5.98. The molecule has 0 unspecified atom stereocenters. The number of nitrogens with one attached hydrogen (secondary N) is 1. The molecule has 1 aromatic heterocycles. The van der Waals surface area contributed by atoms with E-state index < -0.39 is 23.5 Å². The van der Waals surface area contributed by atoms with Gasteiger partial charge >= 0.3 is 6.18 Å². The van der Waals surface area contributed by atoms with Crippen LogP contribution in [0.4, 0.5) is 27.1 Å². The summed E-state index contributed by atoms with van der Waals surface area (Å²) < 4.78 is 63.8. The van der Waals surface area contributed by atoms with E-state index in [9.17, 15) is 22.0 Å². The van der Waals surface area contributed by atoms with Crippen LogP contribution in [0, 0.1) is 11.6 Å². The average molecular weight is 377 g/mol. The molecule has 0 atom stereocenters. The summed E-state index contributed by atoms with van der Waals surface area (Å²) >= 11 is 0.943. The van der Waals surface area contributed by atoms with Crippen molar-refractivity contribution in [3.8, 4) is 0 Å². The number of thiazole rings is 1. The molecule has 9 heteroatoms. The largest absolute Gasteiger partial charge is 0.434 e. The lowest BCUT2D eigenvalue weighted by Crippen LogP contribution is -2.38. The van der Waals surface area contributed by atoms with Gasteiger partial charge in [0.1, 0.15) is 0 Å². The molecule has 3 nitrogen and oxygen atoms in total. The van der Waals surface area contributed by atoms with Crippen LogP contribution >= 0.6 is 11.3 Å². The minimum Gasteiger partial charge on any atom is -0.359 e. The number of hydrogen-bond donors (Lipinski definition) is 1. The summed E-state index contributed by atoms with van der Waals surface area (Å²) in [5.74, 6) is -1.73. The number of piperidine rings is 1. The van der Waals surface area contributed by atoms with Gasteiger partial charge in [-0.2, -0.15) is 13.2 Å². The van der Waals surface area contributed by atoms with Crippen molar-refractivity contribution in [1.29, 1.82) is 0 Å². The molecule has 2 aromatic rings. The highest BCUT2D eigenvalue weighted by Crippen LogP contribution is 2.32. The third-order valence-corrected chi connectivity index (χ3v) is 4.87. The zero-order chi connectivity index (χ0) is 18.0. The van der Waals surface area contributed by atoms with Crippen molar-refractivity contribution in [2.24, 2.45) is 0 Å². The molecule has 0 radical (unpaired) electrons. The quantitative estimate of drug-likeness (QED) is 0.795. The fraction of sp³-hybridized carbons (Fsp3) is 0.438. The molecule has 1 aromatic carbocycles. The van der Waals surface area contributed by atoms with Crippen molar-refractivity contribution < 1.29 is 22.0 Å². The zero-order valence-corrected chi connectivity index (χ0v) is 13.9. The zero-order valence-electron chi connectivity index (χ0n) is 13.1. The summed E-state index contributed by atoms with van der Waals surface area (Å²) in [6, 6.07) is 3.90. The van der Waals surface area contributed by atoms with E-state index in [0.717, 1.165) is 35.6 Å². The third-order valence-electron chi connectivity index (χ3n) is 4.10. The van der Waals surface area contributed by atoms with Crippen molar-refractivity contribution in [2.45, 2.75) is 31.6 Å². The SMILES string of the molecule is Fc1ccc(CN2CCC(Nc3nc(C(F)(F)F)cs3)CC2)cc1F. The van der Waals surface area contributed by atoms with Gasteiger partial charge in [0.05, 0.1) is 0 Å². The first kappa shape index (κ1) is 18.1. The van der Waals surface area contributed by atoms with E-state index in [2.05, 4.69) is 15.2 Å². The number of nitrogens with zero attached hydrogens (tertiary/aromatic N) is 2. The van der Waals surface area contributed by atoms with Gasteiger partial charge < -0.3 is 5.32 Å². The van der Waals surface area contributed by atoms with Gasteiger partial charge in [0, 0.05) is 31.1 Å². The Kier molecular flexibility index (Phi) is 5.24. The number of rotatable bonds is 4. The van der Waals surface area contributed by atoms with E-state index in [1.165, 1.54) is 6.07 Å². The smallest absolute Gasteiger partial charge is 0.359 e. The Balaban J connectivity index is 1.50. The lowest BCUT2D eigenvalue weighted by Gasteiger charge is -2.32. The molecular weight excluding hydrogens is 361 g/mol. The molecular formula is C16H16F5N3S. The summed E-state index contributed by atoms with van der Waals surface area (Å²) in [6.45, 7) is 1.95. The number of anilines is 1. The molecule has 25 heavy (non-hydrogen) atoms. The number of benzene rings is 1. The molecule has 136 valence electrons. The number of alkyl halides is 3. The standard InChI is InChI=1S/C16H16F5N3S/c17-12-2-1-10(7-13(12)18)8-24-5-3-11(4-6-24)22-15-23-14(9-25-15)16(19,20)21/h1-2,7,9,11H,3-6,8H2,(H,22,23). The minimum absolute atomic E-state index is 0.0495. The van der Waals surface area contributed by atoms with E-state index in [1.807, 2.05) is 0 Å². The van der Waals surface area contributed by atoms with Crippen LogP contribution in [0.5, 0.6) is 0 Å². The maximum Gasteiger partial charge on any atom is 0.434 e. The maximum atomic E-state index is 13.2. The number of hydrogen-bond acceptors (Lipinski definition) is 4. The second kappa shape index (κ2) is 7.25. The minimum atomic E-state index is -4.43. The molecule has 1 aliphatic rings. The first-order valence-corrected chi connectivity index (χ1v) is 8.65. The lowest BCUT2D eigenvalue weighted by atomic mass is 10.0. The first-order valence-electron chi connectivity index (χ1n) is 7.77. The van der Waals surface area contributed by atoms with E-state index >= 15 is 0 Å². The van der Waals surface area contributed by atoms with Crippen molar-refractivity contribution in [2.75, 3.05) is 18.4 Å². The molecule has 1 N–H and O–H groups in total. The molecule has 0 spiro atoms. The molecule has 1 saturated heterocycles. The predicted octanol–water partition coefficient (Wildman–Crippen LogP) is 4.52. The molecule has 0 amide bonds. The predicted molar refractivity (Wildman–Crippen MR) is 85.4 cm³/mol. The molecule has 3 rings (SSSR count). The van der Waals surface area contributed by atoms with Crippen LogP contribution in [0.25, 0.3) is 0 Å². The highest BCUT2D eigenvalue weighted by molar-refractivity contribution is 7.13. The third kappa shape index (κ3) is 4.66. The highest BCUT2D eigenvalue weighted by atomic mass is 32.1. The summed E-state index contributed by atoms with van der Waals surface area (Å²) in [5, 5.41) is 4.32. The van der Waals surface area contributed by atoms with E-state index in [4.69, 9.17) is 0 Å². The Hall–Kier alpha value is -1.74. The number of likely N-dealkylation sites (tertiary alicyclic amines) is 1. The molecule has 1 aliphatic heterocycles. The van der Waals surface area contributed by atoms with Gasteiger partial charge in [0.15, 0.2) is 22.5 Å². The maximum absolute atomic E-state index is 13.2. The van der Waals surface area contributed by atoms with E-state index in [1.54, 1.807) is 6.07 Å². The van der Waals surface area contributed by atoms with E-state index in [0.29, 0.717) is 25.2 Å². The van der Waals surface area contributed by atoms with E-state index in [-0.39, 0.29) is 11.2 Å². The van der Waals surface area contributed by atoms with Crippen molar-refractivity contribution in [1.82, 2.24) is 9.88 Å². The highest BCUT2D eigenvalue weighted by Gasteiger charge is 2.34. The summed E-state index contributed by atoms with van der Waals surface area (Å²) in [4.78, 5) is 5.68. The Morgan fingerprint density at radius 1 is 1.16 bits per heavy atom. The average Bonchev–Trinajstić information content (AvgIpc) is 3.02. The van der Waals surface area contributed by atoms with Gasteiger partial charge in [-0.15, -0.1) is 11.3 Å². The molecule has 0 aliphatic carbocycles. The Bertz CT molecular complexity index is 723. The van der Waals surface area contributed by atoms with Crippen LogP contribution < -0.4 is 5.32 Å². The fourth-order valence-electron chi connectivity index (χ4n) is 2.78. The van der Waals surface area contributed by atoms with Gasteiger partial charge in [-0.05, 0) is 30.5 Å². The number of halogens is 5. The number of aromatic nitrogens is 1. The Morgan fingerprint density at radius 2 is 1.88 bits per heavy atom. The summed E-state index contributed by atoms with van der Waals surface area (Å²) in [6.07, 6.45) is -2.94. The molecule has 0 saturated carbocycles. The normalized spacial score (nSPS) is 17.0. The van der Waals surface area contributed by atoms with Gasteiger partial charge in [0.2, 0.25) is 0 Å². The van der Waals surface area contributed by atoms with Crippen molar-refractivity contribution >= 4 is 16.5 Å². The van der Waals surface area contributed by atoms with Gasteiger partial charge in [-0.3, -0.25) is 4.90 Å². The van der Waals surface area contributed by atoms with Crippen LogP contribution in [0.15, 0.2) is 23.6 Å². The fourth-order valence-corrected chi connectivity index (χ4v) is 3.57. The van der Waals surface area contributed by atoms with Crippen molar-refractivity contribution in [3.05, 3.63) is 46.5 Å². The second-order valence-corrected chi connectivity index (χ2v) is 6.84. The molecule has 0 bridgehead atoms. The van der Waals surface area contributed by atoms with Crippen LogP contribution in [-0.4, -0.2) is 29.0 Å². The Morgan fingerprint density at radius 3 is 2.48 bits per heavy atom.